The third kappa shape index (κ3) is 7.62. The summed E-state index contributed by atoms with van der Waals surface area (Å²) in [5.41, 5.74) is 1.55. The summed E-state index contributed by atoms with van der Waals surface area (Å²) in [5.74, 6) is 0.113. The Balaban J connectivity index is 1.69. The highest BCUT2D eigenvalue weighted by Crippen LogP contribution is 2.27. The van der Waals surface area contributed by atoms with Gasteiger partial charge in [0.05, 0.1) is 5.75 Å². The zero-order valence-electron chi connectivity index (χ0n) is 18.7. The lowest BCUT2D eigenvalue weighted by molar-refractivity contribution is -0.139. The summed E-state index contributed by atoms with van der Waals surface area (Å²) in [6, 6.07) is 10.9. The van der Waals surface area contributed by atoms with Crippen molar-refractivity contribution in [1.82, 2.24) is 10.2 Å². The van der Waals surface area contributed by atoms with Gasteiger partial charge in [-0.2, -0.15) is 0 Å². The first kappa shape index (κ1) is 25.9. The Bertz CT molecular complexity index is 932. The van der Waals surface area contributed by atoms with Gasteiger partial charge >= 0.3 is 0 Å². The molecule has 178 valence electrons. The fraction of sp³-hybridized carbons (Fsp3) is 0.440. The fourth-order valence-electron chi connectivity index (χ4n) is 3.92. The topological polar surface area (TPSA) is 49.4 Å². The molecule has 0 saturated heterocycles. The summed E-state index contributed by atoms with van der Waals surface area (Å²) in [7, 11) is 0. The fourth-order valence-corrected chi connectivity index (χ4v) is 5.31. The van der Waals surface area contributed by atoms with Crippen LogP contribution in [0.25, 0.3) is 0 Å². The van der Waals surface area contributed by atoms with Crippen LogP contribution in [0, 0.1) is 5.82 Å². The zero-order valence-corrected chi connectivity index (χ0v) is 21.0. The molecule has 0 bridgehead atoms. The molecule has 1 N–H and O–H groups in total. The van der Waals surface area contributed by atoms with Crippen molar-refractivity contribution in [2.24, 2.45) is 0 Å². The van der Waals surface area contributed by atoms with E-state index in [0.29, 0.717) is 21.4 Å². The van der Waals surface area contributed by atoms with Crippen LogP contribution in [-0.4, -0.2) is 34.6 Å². The molecule has 3 rings (SSSR count). The van der Waals surface area contributed by atoms with Crippen molar-refractivity contribution in [3.63, 3.8) is 0 Å². The van der Waals surface area contributed by atoms with Crippen LogP contribution >= 0.6 is 35.0 Å². The molecule has 1 atom stereocenters. The van der Waals surface area contributed by atoms with Crippen molar-refractivity contribution in [2.45, 2.75) is 63.4 Å². The molecule has 0 heterocycles. The van der Waals surface area contributed by atoms with Gasteiger partial charge in [0.1, 0.15) is 11.9 Å². The average Bonchev–Trinajstić information content (AvgIpc) is 2.80. The lowest BCUT2D eigenvalue weighted by atomic mass is 9.95. The molecule has 4 nitrogen and oxygen atoms in total. The molecule has 1 aliphatic carbocycles. The number of amides is 2. The maximum Gasteiger partial charge on any atom is 0.242 e. The minimum Gasteiger partial charge on any atom is -0.352 e. The highest BCUT2D eigenvalue weighted by atomic mass is 35.5. The van der Waals surface area contributed by atoms with E-state index in [9.17, 15) is 14.0 Å². The molecule has 0 aromatic heterocycles. The molecule has 2 amide bonds. The minimum absolute atomic E-state index is 0.147. The van der Waals surface area contributed by atoms with Crippen molar-refractivity contribution in [1.29, 1.82) is 0 Å². The number of nitrogens with one attached hydrogen (secondary N) is 1. The van der Waals surface area contributed by atoms with Crippen molar-refractivity contribution in [3.8, 4) is 0 Å². The lowest BCUT2D eigenvalue weighted by Crippen LogP contribution is -2.50. The van der Waals surface area contributed by atoms with Gasteiger partial charge in [-0.05, 0) is 49.6 Å². The van der Waals surface area contributed by atoms with Crippen molar-refractivity contribution >= 4 is 46.8 Å². The van der Waals surface area contributed by atoms with E-state index in [4.69, 9.17) is 23.2 Å². The Kier molecular flexibility index (Phi) is 9.90. The van der Waals surface area contributed by atoms with E-state index in [1.807, 2.05) is 0 Å². The predicted octanol–water partition coefficient (Wildman–Crippen LogP) is 6.23. The van der Waals surface area contributed by atoms with Gasteiger partial charge in [0, 0.05) is 33.9 Å². The first-order chi connectivity index (χ1) is 15.8. The van der Waals surface area contributed by atoms with E-state index in [2.05, 4.69) is 5.32 Å². The zero-order chi connectivity index (χ0) is 23.8. The van der Waals surface area contributed by atoms with E-state index < -0.39 is 6.04 Å². The van der Waals surface area contributed by atoms with Gasteiger partial charge in [-0.25, -0.2) is 4.39 Å². The van der Waals surface area contributed by atoms with Gasteiger partial charge in [-0.15, -0.1) is 11.8 Å². The van der Waals surface area contributed by atoms with Gasteiger partial charge in [0.25, 0.3) is 0 Å². The van der Waals surface area contributed by atoms with E-state index in [1.165, 1.54) is 30.3 Å². The number of benzene rings is 2. The molecular weight excluding hydrogens is 482 g/mol. The number of hydrogen-bond donors (Lipinski definition) is 1. The predicted molar refractivity (Wildman–Crippen MR) is 134 cm³/mol. The van der Waals surface area contributed by atoms with Crippen LogP contribution in [0.2, 0.25) is 10.0 Å². The van der Waals surface area contributed by atoms with Gasteiger partial charge in [-0.3, -0.25) is 9.59 Å². The number of hydrogen-bond acceptors (Lipinski definition) is 3. The smallest absolute Gasteiger partial charge is 0.242 e. The highest BCUT2D eigenvalue weighted by molar-refractivity contribution is 7.99. The number of halogens is 3. The summed E-state index contributed by atoms with van der Waals surface area (Å²) >= 11 is 14.1. The highest BCUT2D eigenvalue weighted by Gasteiger charge is 2.29. The molecule has 1 saturated carbocycles. The molecule has 0 radical (unpaired) electrons. The van der Waals surface area contributed by atoms with E-state index >= 15 is 0 Å². The monoisotopic (exact) mass is 510 g/mol. The van der Waals surface area contributed by atoms with Gasteiger partial charge < -0.3 is 10.2 Å². The molecule has 1 aliphatic rings. The summed E-state index contributed by atoms with van der Waals surface area (Å²) in [5, 5.41) is 4.03. The van der Waals surface area contributed by atoms with Crippen LogP contribution in [-0.2, 0) is 21.9 Å². The summed E-state index contributed by atoms with van der Waals surface area (Å²) in [6.45, 7) is 1.89. The van der Waals surface area contributed by atoms with Crippen LogP contribution in [0.5, 0.6) is 0 Å². The standard InChI is InChI=1S/C25H29Cl2FN2O2S/c1-17(25(32)29-20-6-3-2-4-7-20)30(14-21-22(26)8-5-9-23(21)27)24(31)16-33-15-18-10-12-19(28)13-11-18/h5,8-13,17,20H,2-4,6-7,14-16H2,1H3,(H,29,32)/t17-/m1/s1. The van der Waals surface area contributed by atoms with Crippen LogP contribution in [0.4, 0.5) is 4.39 Å². The second kappa shape index (κ2) is 12.6. The Morgan fingerprint density at radius 2 is 1.73 bits per heavy atom. The first-order valence-electron chi connectivity index (χ1n) is 11.2. The maximum absolute atomic E-state index is 13.2. The van der Waals surface area contributed by atoms with E-state index in [-0.39, 0.29) is 36.0 Å². The summed E-state index contributed by atoms with van der Waals surface area (Å²) < 4.78 is 13.1. The molecular formula is C25H29Cl2FN2O2S. The molecule has 2 aromatic rings. The first-order valence-corrected chi connectivity index (χ1v) is 13.1. The Morgan fingerprint density at radius 1 is 1.09 bits per heavy atom. The minimum atomic E-state index is -0.668. The Labute approximate surface area is 209 Å². The lowest BCUT2D eigenvalue weighted by Gasteiger charge is -2.31. The van der Waals surface area contributed by atoms with Crippen LogP contribution in [0.1, 0.15) is 50.2 Å². The van der Waals surface area contributed by atoms with E-state index in [0.717, 1.165) is 31.2 Å². The normalized spacial score (nSPS) is 15.2. The number of carbonyl (C=O) groups is 2. The number of carbonyl (C=O) groups excluding carboxylic acids is 2. The molecule has 8 heteroatoms. The summed E-state index contributed by atoms with van der Waals surface area (Å²) in [6.07, 6.45) is 5.35. The summed E-state index contributed by atoms with van der Waals surface area (Å²) in [4.78, 5) is 27.8. The van der Waals surface area contributed by atoms with Crippen molar-refractivity contribution in [2.75, 3.05) is 5.75 Å². The number of rotatable bonds is 9. The Hall–Kier alpha value is -1.76. The van der Waals surface area contributed by atoms with Gasteiger partial charge in [-0.1, -0.05) is 60.7 Å². The van der Waals surface area contributed by atoms with Crippen LogP contribution in [0.15, 0.2) is 42.5 Å². The van der Waals surface area contributed by atoms with E-state index in [1.54, 1.807) is 42.2 Å². The Morgan fingerprint density at radius 3 is 2.36 bits per heavy atom. The number of nitrogens with zero attached hydrogens (tertiary/aromatic N) is 1. The molecule has 0 unspecified atom stereocenters. The quantitative estimate of drug-likeness (QED) is 0.434. The molecule has 1 fully saturated rings. The van der Waals surface area contributed by atoms with Crippen molar-refractivity contribution in [3.05, 3.63) is 69.5 Å². The molecule has 0 aliphatic heterocycles. The van der Waals surface area contributed by atoms with Gasteiger partial charge in [0.15, 0.2) is 0 Å². The molecule has 33 heavy (non-hydrogen) atoms. The molecule has 2 aromatic carbocycles. The SMILES string of the molecule is C[C@H](C(=O)NC1CCCCC1)N(Cc1c(Cl)cccc1Cl)C(=O)CSCc1ccc(F)cc1. The molecule has 0 spiro atoms. The second-order valence-electron chi connectivity index (χ2n) is 8.36. The maximum atomic E-state index is 13.2. The van der Waals surface area contributed by atoms with Crippen LogP contribution in [0.3, 0.4) is 0 Å². The third-order valence-electron chi connectivity index (χ3n) is 5.92. The average molecular weight is 511 g/mol. The largest absolute Gasteiger partial charge is 0.352 e. The van der Waals surface area contributed by atoms with Crippen molar-refractivity contribution < 1.29 is 14.0 Å². The van der Waals surface area contributed by atoms with Gasteiger partial charge in [0.2, 0.25) is 11.8 Å². The second-order valence-corrected chi connectivity index (χ2v) is 10.2. The number of thioether (sulfide) groups is 1. The van der Waals surface area contributed by atoms with Crippen LogP contribution < -0.4 is 5.32 Å². The third-order valence-corrected chi connectivity index (χ3v) is 7.61.